The summed E-state index contributed by atoms with van der Waals surface area (Å²) in [5, 5.41) is 18.3. The maximum absolute atomic E-state index is 12.7. The van der Waals surface area contributed by atoms with Crippen LogP contribution in [0.25, 0.3) is 0 Å². The van der Waals surface area contributed by atoms with Crippen LogP contribution in [-0.4, -0.2) is 62.8 Å². The van der Waals surface area contributed by atoms with E-state index in [0.29, 0.717) is 12.1 Å². The highest BCUT2D eigenvalue weighted by Gasteiger charge is 2.29. The number of nitrogens with zero attached hydrogens (tertiary/aromatic N) is 5. The molecular formula is C18H25N5O2. The van der Waals surface area contributed by atoms with Crippen molar-refractivity contribution in [1.29, 1.82) is 0 Å². The second kappa shape index (κ2) is 7.23. The fraction of sp³-hybridized carbons (Fsp3) is 0.500. The van der Waals surface area contributed by atoms with Crippen molar-refractivity contribution in [2.24, 2.45) is 7.05 Å². The number of aromatic nitrogens is 3. The molecule has 0 spiro atoms. The van der Waals surface area contributed by atoms with Crippen molar-refractivity contribution in [2.75, 3.05) is 27.2 Å². The van der Waals surface area contributed by atoms with Gasteiger partial charge in [-0.1, -0.05) is 6.07 Å². The molecule has 7 nitrogen and oxygen atoms in total. The molecule has 25 heavy (non-hydrogen) atoms. The molecule has 0 bridgehead atoms. The van der Waals surface area contributed by atoms with Gasteiger partial charge < -0.3 is 19.5 Å². The molecule has 7 heteroatoms. The van der Waals surface area contributed by atoms with E-state index in [1.807, 2.05) is 30.6 Å². The zero-order valence-electron chi connectivity index (χ0n) is 15.0. The Hall–Kier alpha value is -2.41. The Kier molecular flexibility index (Phi) is 5.03. The Morgan fingerprint density at radius 3 is 2.88 bits per heavy atom. The number of phenolic OH excluding ortho intramolecular Hbond substituents is 1. The highest BCUT2D eigenvalue weighted by atomic mass is 16.3. The molecule has 1 fully saturated rings. The monoisotopic (exact) mass is 343 g/mol. The molecule has 1 amide bonds. The van der Waals surface area contributed by atoms with E-state index in [1.54, 1.807) is 18.2 Å². The van der Waals surface area contributed by atoms with Crippen molar-refractivity contribution in [3.8, 4) is 5.75 Å². The molecule has 1 atom stereocenters. The summed E-state index contributed by atoms with van der Waals surface area (Å²) in [6, 6.07) is 6.52. The first kappa shape index (κ1) is 17.4. The van der Waals surface area contributed by atoms with Gasteiger partial charge in [0.25, 0.3) is 5.91 Å². The minimum atomic E-state index is -0.0451. The van der Waals surface area contributed by atoms with Crippen molar-refractivity contribution < 1.29 is 9.90 Å². The summed E-state index contributed by atoms with van der Waals surface area (Å²) in [6.07, 6.45) is 1.93. The first-order valence-corrected chi connectivity index (χ1v) is 8.57. The van der Waals surface area contributed by atoms with Gasteiger partial charge in [0.2, 0.25) is 0 Å². The molecule has 1 aliphatic heterocycles. The minimum absolute atomic E-state index is 0.0451. The number of aromatic hydroxyl groups is 1. The number of piperidine rings is 1. The molecule has 2 aromatic rings. The van der Waals surface area contributed by atoms with E-state index in [9.17, 15) is 9.90 Å². The lowest BCUT2D eigenvalue weighted by molar-refractivity contribution is 0.0703. The molecule has 1 N–H and O–H groups in total. The average molecular weight is 343 g/mol. The Morgan fingerprint density at radius 2 is 2.16 bits per heavy atom. The summed E-state index contributed by atoms with van der Waals surface area (Å²) in [5.74, 6) is 2.11. The Balaban J connectivity index is 1.75. The van der Waals surface area contributed by atoms with Gasteiger partial charge in [-0.05, 0) is 45.1 Å². The number of hydrogen-bond donors (Lipinski definition) is 1. The number of carbonyl (C=O) groups excluding carboxylic acids is 1. The molecule has 1 saturated heterocycles. The summed E-state index contributed by atoms with van der Waals surface area (Å²) in [5.41, 5.74) is 0.520. The fourth-order valence-corrected chi connectivity index (χ4v) is 3.35. The van der Waals surface area contributed by atoms with E-state index in [0.717, 1.165) is 37.6 Å². The number of rotatable bonds is 4. The van der Waals surface area contributed by atoms with Crippen LogP contribution >= 0.6 is 0 Å². The number of carbonyl (C=O) groups is 1. The maximum atomic E-state index is 12.7. The summed E-state index contributed by atoms with van der Waals surface area (Å²) in [7, 11) is 6.00. The molecule has 1 aromatic heterocycles. The van der Waals surface area contributed by atoms with Crippen molar-refractivity contribution in [3.05, 3.63) is 41.5 Å². The van der Waals surface area contributed by atoms with Crippen molar-refractivity contribution in [1.82, 2.24) is 24.6 Å². The molecule has 0 saturated carbocycles. The maximum Gasteiger partial charge on any atom is 0.254 e. The number of likely N-dealkylation sites (tertiary alicyclic amines) is 1. The Labute approximate surface area is 147 Å². The highest BCUT2D eigenvalue weighted by Crippen LogP contribution is 2.27. The second-order valence-electron chi connectivity index (χ2n) is 6.91. The van der Waals surface area contributed by atoms with Gasteiger partial charge in [0.1, 0.15) is 17.4 Å². The van der Waals surface area contributed by atoms with Gasteiger partial charge in [0, 0.05) is 31.6 Å². The van der Waals surface area contributed by atoms with Crippen LogP contribution in [0.3, 0.4) is 0 Å². The molecule has 1 aliphatic rings. The first-order valence-electron chi connectivity index (χ1n) is 8.57. The Morgan fingerprint density at radius 1 is 1.36 bits per heavy atom. The fourth-order valence-electron chi connectivity index (χ4n) is 3.35. The van der Waals surface area contributed by atoms with Crippen LogP contribution in [-0.2, 0) is 13.6 Å². The predicted molar refractivity (Wildman–Crippen MR) is 94.4 cm³/mol. The summed E-state index contributed by atoms with van der Waals surface area (Å²) < 4.78 is 2.05. The van der Waals surface area contributed by atoms with Crippen molar-refractivity contribution in [2.45, 2.75) is 25.3 Å². The van der Waals surface area contributed by atoms with E-state index in [1.165, 1.54) is 6.07 Å². The smallest absolute Gasteiger partial charge is 0.254 e. The van der Waals surface area contributed by atoms with Crippen LogP contribution in [0, 0.1) is 0 Å². The second-order valence-corrected chi connectivity index (χ2v) is 6.91. The quantitative estimate of drug-likeness (QED) is 0.913. The third-order valence-electron chi connectivity index (χ3n) is 4.62. The molecule has 2 heterocycles. The van der Waals surface area contributed by atoms with Crippen LogP contribution in [0.1, 0.15) is 40.8 Å². The van der Waals surface area contributed by atoms with Crippen LogP contribution in [0.15, 0.2) is 24.3 Å². The highest BCUT2D eigenvalue weighted by molar-refractivity contribution is 5.94. The van der Waals surface area contributed by atoms with E-state index in [4.69, 9.17) is 0 Å². The summed E-state index contributed by atoms with van der Waals surface area (Å²) in [4.78, 5) is 16.6. The standard InChI is InChI=1S/C18H25N5O2/c1-21(2)12-16-19-20-17(22(16)3)14-7-5-9-23(11-14)18(25)13-6-4-8-15(24)10-13/h4,6,8,10,14,24H,5,7,9,11-12H2,1-3H3/t14-/m1/s1. The molecule has 3 rings (SSSR count). The van der Waals surface area contributed by atoms with Gasteiger partial charge in [0.05, 0.1) is 6.54 Å². The lowest BCUT2D eigenvalue weighted by Gasteiger charge is -2.32. The molecule has 0 radical (unpaired) electrons. The SMILES string of the molecule is CN(C)Cc1nnc([C@@H]2CCCN(C(=O)c3cccc(O)c3)C2)n1C. The molecule has 134 valence electrons. The first-order chi connectivity index (χ1) is 12.0. The largest absolute Gasteiger partial charge is 0.508 e. The molecule has 0 aliphatic carbocycles. The van der Waals surface area contributed by atoms with Crippen LogP contribution in [0.2, 0.25) is 0 Å². The Bertz CT molecular complexity index is 756. The van der Waals surface area contributed by atoms with E-state index in [-0.39, 0.29) is 17.6 Å². The molecule has 0 unspecified atom stereocenters. The van der Waals surface area contributed by atoms with Gasteiger partial charge in [-0.2, -0.15) is 0 Å². The van der Waals surface area contributed by atoms with Gasteiger partial charge in [-0.15, -0.1) is 10.2 Å². The van der Waals surface area contributed by atoms with E-state index < -0.39 is 0 Å². The van der Waals surface area contributed by atoms with Crippen molar-refractivity contribution in [3.63, 3.8) is 0 Å². The normalized spacial score (nSPS) is 17.9. The molecular weight excluding hydrogens is 318 g/mol. The average Bonchev–Trinajstić information content (AvgIpc) is 2.94. The molecule has 1 aromatic carbocycles. The van der Waals surface area contributed by atoms with Crippen LogP contribution < -0.4 is 0 Å². The van der Waals surface area contributed by atoms with Gasteiger partial charge in [0.15, 0.2) is 0 Å². The predicted octanol–water partition coefficient (Wildman–Crippen LogP) is 1.60. The minimum Gasteiger partial charge on any atom is -0.508 e. The van der Waals surface area contributed by atoms with Crippen molar-refractivity contribution >= 4 is 5.91 Å². The third kappa shape index (κ3) is 3.82. The lowest BCUT2D eigenvalue weighted by Crippen LogP contribution is -2.39. The van der Waals surface area contributed by atoms with Crippen LogP contribution in [0.4, 0.5) is 0 Å². The third-order valence-corrected chi connectivity index (χ3v) is 4.62. The summed E-state index contributed by atoms with van der Waals surface area (Å²) in [6.45, 7) is 2.10. The van der Waals surface area contributed by atoms with Gasteiger partial charge in [-0.25, -0.2) is 0 Å². The number of amides is 1. The zero-order chi connectivity index (χ0) is 18.0. The van der Waals surface area contributed by atoms with Gasteiger partial charge in [-0.3, -0.25) is 4.79 Å². The zero-order valence-corrected chi connectivity index (χ0v) is 15.0. The van der Waals surface area contributed by atoms with E-state index >= 15 is 0 Å². The van der Waals surface area contributed by atoms with Gasteiger partial charge >= 0.3 is 0 Å². The lowest BCUT2D eigenvalue weighted by atomic mass is 9.96. The van der Waals surface area contributed by atoms with E-state index in [2.05, 4.69) is 15.1 Å². The number of phenols is 1. The topological polar surface area (TPSA) is 74.5 Å². The summed E-state index contributed by atoms with van der Waals surface area (Å²) >= 11 is 0. The number of benzene rings is 1. The number of hydrogen-bond acceptors (Lipinski definition) is 5. The van der Waals surface area contributed by atoms with Crippen LogP contribution in [0.5, 0.6) is 5.75 Å².